The molecule has 1 nitrogen and oxygen atoms in total. The highest BCUT2D eigenvalue weighted by molar-refractivity contribution is 9.10. The van der Waals surface area contributed by atoms with Crippen molar-refractivity contribution in [3.8, 4) is 0 Å². The van der Waals surface area contributed by atoms with Crippen molar-refractivity contribution in [3.05, 3.63) is 24.0 Å². The van der Waals surface area contributed by atoms with E-state index in [2.05, 4.69) is 28.9 Å². The first kappa shape index (κ1) is 8.85. The van der Waals surface area contributed by atoms with Crippen LogP contribution < -0.4 is 0 Å². The SMILES string of the molecule is CCOC1=CC=C[C@@](C)(Br)C1. The van der Waals surface area contributed by atoms with Crippen molar-refractivity contribution in [2.24, 2.45) is 0 Å². The van der Waals surface area contributed by atoms with Gasteiger partial charge in [-0.15, -0.1) is 0 Å². The molecule has 0 saturated heterocycles. The van der Waals surface area contributed by atoms with E-state index in [-0.39, 0.29) is 4.32 Å². The number of hydrogen-bond acceptors (Lipinski definition) is 1. The minimum atomic E-state index is 0.0895. The summed E-state index contributed by atoms with van der Waals surface area (Å²) in [6.07, 6.45) is 7.13. The van der Waals surface area contributed by atoms with Gasteiger partial charge in [-0.25, -0.2) is 0 Å². The second-order valence-corrected chi connectivity index (χ2v) is 4.69. The van der Waals surface area contributed by atoms with E-state index >= 15 is 0 Å². The topological polar surface area (TPSA) is 9.23 Å². The Kier molecular flexibility index (Phi) is 2.77. The average Bonchev–Trinajstić information content (AvgIpc) is 1.85. The van der Waals surface area contributed by atoms with Gasteiger partial charge in [0.05, 0.1) is 12.4 Å². The summed E-state index contributed by atoms with van der Waals surface area (Å²) < 4.78 is 5.49. The number of ether oxygens (including phenoxy) is 1. The third-order valence-corrected chi connectivity index (χ3v) is 2.12. The predicted molar refractivity (Wildman–Crippen MR) is 50.8 cm³/mol. The van der Waals surface area contributed by atoms with Crippen molar-refractivity contribution >= 4 is 15.9 Å². The van der Waals surface area contributed by atoms with Crippen LogP contribution in [0, 0.1) is 0 Å². The molecule has 0 aromatic carbocycles. The molecule has 0 aromatic rings. The van der Waals surface area contributed by atoms with E-state index in [1.54, 1.807) is 0 Å². The van der Waals surface area contributed by atoms with Gasteiger partial charge < -0.3 is 4.74 Å². The van der Waals surface area contributed by atoms with Gasteiger partial charge in [-0.3, -0.25) is 0 Å². The highest BCUT2D eigenvalue weighted by atomic mass is 79.9. The number of halogens is 1. The fourth-order valence-electron chi connectivity index (χ4n) is 1.10. The zero-order chi connectivity index (χ0) is 8.32. The van der Waals surface area contributed by atoms with E-state index in [0.717, 1.165) is 18.8 Å². The van der Waals surface area contributed by atoms with Crippen LogP contribution in [0.3, 0.4) is 0 Å². The van der Waals surface area contributed by atoms with Gasteiger partial charge in [0.15, 0.2) is 0 Å². The molecule has 0 saturated carbocycles. The van der Waals surface area contributed by atoms with Crippen LogP contribution in [0.4, 0.5) is 0 Å². The van der Waals surface area contributed by atoms with Crippen LogP contribution in [0.15, 0.2) is 24.0 Å². The third-order valence-electron chi connectivity index (χ3n) is 1.58. The molecule has 1 rings (SSSR count). The Morgan fingerprint density at radius 2 is 2.45 bits per heavy atom. The molecule has 0 heterocycles. The van der Waals surface area contributed by atoms with Crippen LogP contribution in [0.1, 0.15) is 20.3 Å². The smallest absolute Gasteiger partial charge is 0.0976 e. The molecule has 62 valence electrons. The maximum Gasteiger partial charge on any atom is 0.0976 e. The second kappa shape index (κ2) is 3.44. The molecular weight excluding hydrogens is 204 g/mol. The molecule has 0 unspecified atom stereocenters. The average molecular weight is 217 g/mol. The van der Waals surface area contributed by atoms with Crippen LogP contribution in [-0.4, -0.2) is 10.9 Å². The first-order chi connectivity index (χ1) is 5.14. The molecule has 0 spiro atoms. The standard InChI is InChI=1S/C9H13BrO/c1-3-11-8-5-4-6-9(2,10)7-8/h4-6H,3,7H2,1-2H3/t9-/m1/s1. The maximum absolute atomic E-state index is 5.40. The van der Waals surface area contributed by atoms with Crippen molar-refractivity contribution in [1.82, 2.24) is 0 Å². The third kappa shape index (κ3) is 2.70. The fourth-order valence-corrected chi connectivity index (χ4v) is 1.53. The first-order valence-corrected chi connectivity index (χ1v) is 4.63. The lowest BCUT2D eigenvalue weighted by molar-refractivity contribution is 0.214. The largest absolute Gasteiger partial charge is 0.498 e. The Labute approximate surface area is 76.3 Å². The van der Waals surface area contributed by atoms with Crippen molar-refractivity contribution in [3.63, 3.8) is 0 Å². The van der Waals surface area contributed by atoms with Crippen molar-refractivity contribution < 1.29 is 4.74 Å². The lowest BCUT2D eigenvalue weighted by Gasteiger charge is -2.22. The van der Waals surface area contributed by atoms with Crippen molar-refractivity contribution in [1.29, 1.82) is 0 Å². The number of allylic oxidation sites excluding steroid dienone is 4. The van der Waals surface area contributed by atoms with E-state index in [9.17, 15) is 0 Å². The molecule has 0 bridgehead atoms. The Morgan fingerprint density at radius 1 is 1.73 bits per heavy atom. The van der Waals surface area contributed by atoms with Crippen LogP contribution >= 0.6 is 15.9 Å². The molecule has 1 aliphatic carbocycles. The van der Waals surface area contributed by atoms with Gasteiger partial charge >= 0.3 is 0 Å². The van der Waals surface area contributed by atoms with Crippen molar-refractivity contribution in [2.75, 3.05) is 6.61 Å². The molecule has 0 radical (unpaired) electrons. The van der Waals surface area contributed by atoms with Gasteiger partial charge in [0.1, 0.15) is 0 Å². The lowest BCUT2D eigenvalue weighted by atomic mass is 10.0. The minimum absolute atomic E-state index is 0.0895. The molecule has 2 heteroatoms. The molecule has 0 aromatic heterocycles. The van der Waals surface area contributed by atoms with Gasteiger partial charge in [0.2, 0.25) is 0 Å². The van der Waals surface area contributed by atoms with E-state index in [1.807, 2.05) is 19.1 Å². The van der Waals surface area contributed by atoms with Crippen LogP contribution in [0.2, 0.25) is 0 Å². The van der Waals surface area contributed by atoms with Gasteiger partial charge in [0, 0.05) is 10.7 Å². The molecule has 0 aliphatic heterocycles. The van der Waals surface area contributed by atoms with Crippen LogP contribution in [0.5, 0.6) is 0 Å². The predicted octanol–water partition coefficient (Wildman–Crippen LogP) is 3.02. The number of hydrogen-bond donors (Lipinski definition) is 0. The maximum atomic E-state index is 5.40. The lowest BCUT2D eigenvalue weighted by Crippen LogP contribution is -2.16. The highest BCUT2D eigenvalue weighted by Crippen LogP contribution is 2.30. The molecular formula is C9H13BrO. The molecule has 0 fully saturated rings. The zero-order valence-electron chi connectivity index (χ0n) is 6.93. The summed E-state index contributed by atoms with van der Waals surface area (Å²) >= 11 is 3.60. The zero-order valence-corrected chi connectivity index (χ0v) is 8.52. The van der Waals surface area contributed by atoms with E-state index in [1.165, 1.54) is 0 Å². The Morgan fingerprint density at radius 3 is 3.00 bits per heavy atom. The van der Waals surface area contributed by atoms with Gasteiger partial charge in [-0.2, -0.15) is 0 Å². The molecule has 1 aliphatic rings. The van der Waals surface area contributed by atoms with Gasteiger partial charge in [-0.1, -0.05) is 28.1 Å². The summed E-state index contributed by atoms with van der Waals surface area (Å²) in [7, 11) is 0. The highest BCUT2D eigenvalue weighted by Gasteiger charge is 2.21. The van der Waals surface area contributed by atoms with Crippen LogP contribution in [0.25, 0.3) is 0 Å². The summed E-state index contributed by atoms with van der Waals surface area (Å²) in [5.41, 5.74) is 0. The summed E-state index contributed by atoms with van der Waals surface area (Å²) in [4.78, 5) is 0. The Bertz CT molecular complexity index is 192. The van der Waals surface area contributed by atoms with Crippen LogP contribution in [-0.2, 0) is 4.74 Å². The summed E-state index contributed by atoms with van der Waals surface area (Å²) in [5, 5.41) is 0. The quantitative estimate of drug-likeness (QED) is 0.646. The van der Waals surface area contributed by atoms with Crippen molar-refractivity contribution in [2.45, 2.75) is 24.6 Å². The van der Waals surface area contributed by atoms with E-state index in [4.69, 9.17) is 4.74 Å². The summed E-state index contributed by atoms with van der Waals surface area (Å²) in [6.45, 7) is 4.89. The monoisotopic (exact) mass is 216 g/mol. The van der Waals surface area contributed by atoms with E-state index in [0.29, 0.717) is 0 Å². The Hall–Kier alpha value is -0.240. The van der Waals surface area contributed by atoms with E-state index < -0.39 is 0 Å². The molecule has 0 N–H and O–H groups in total. The summed E-state index contributed by atoms with van der Waals surface area (Å²) in [5.74, 6) is 1.06. The number of rotatable bonds is 2. The molecule has 11 heavy (non-hydrogen) atoms. The van der Waals surface area contributed by atoms with Gasteiger partial charge in [-0.05, 0) is 19.9 Å². The number of alkyl halides is 1. The molecule has 1 atom stereocenters. The molecule has 0 amide bonds. The first-order valence-electron chi connectivity index (χ1n) is 3.84. The summed E-state index contributed by atoms with van der Waals surface area (Å²) in [6, 6.07) is 0. The minimum Gasteiger partial charge on any atom is -0.498 e. The second-order valence-electron chi connectivity index (χ2n) is 2.88. The normalized spacial score (nSPS) is 29.9. The van der Waals surface area contributed by atoms with Gasteiger partial charge in [0.25, 0.3) is 0 Å². The fraction of sp³-hybridized carbons (Fsp3) is 0.556. The Balaban J connectivity index is 2.58.